The summed E-state index contributed by atoms with van der Waals surface area (Å²) in [5, 5.41) is 0. The Bertz CT molecular complexity index is 1050. The number of aromatic nitrogens is 2. The van der Waals surface area contributed by atoms with Crippen molar-refractivity contribution >= 4 is 27.8 Å². The molecule has 0 spiro atoms. The van der Waals surface area contributed by atoms with Crippen LogP contribution >= 0.6 is 15.9 Å². The molecule has 8 nitrogen and oxygen atoms in total. The van der Waals surface area contributed by atoms with Crippen molar-refractivity contribution in [3.05, 3.63) is 67.4 Å². The van der Waals surface area contributed by atoms with Crippen molar-refractivity contribution in [3.8, 4) is 0 Å². The Kier molecular flexibility index (Phi) is 6.18. The van der Waals surface area contributed by atoms with Crippen molar-refractivity contribution < 1.29 is 19.1 Å². The normalized spacial score (nSPS) is 23.7. The quantitative estimate of drug-likeness (QED) is 0.644. The van der Waals surface area contributed by atoms with Crippen LogP contribution in [0.5, 0.6) is 0 Å². The molecule has 1 aromatic carbocycles. The molecule has 4 atom stereocenters. The summed E-state index contributed by atoms with van der Waals surface area (Å²) in [5.41, 5.74) is -1.44. The van der Waals surface area contributed by atoms with Crippen LogP contribution < -0.4 is 11.2 Å². The second kappa shape index (κ2) is 8.46. The van der Waals surface area contributed by atoms with Crippen molar-refractivity contribution in [1.82, 2.24) is 9.13 Å². The van der Waals surface area contributed by atoms with Gasteiger partial charge in [0, 0.05) is 24.6 Å². The van der Waals surface area contributed by atoms with Crippen LogP contribution in [-0.4, -0.2) is 33.2 Å². The Morgan fingerprint density at radius 3 is 2.45 bits per heavy atom. The molecule has 0 saturated carbocycles. The van der Waals surface area contributed by atoms with E-state index in [1.165, 1.54) is 25.3 Å². The van der Waals surface area contributed by atoms with E-state index in [2.05, 4.69) is 15.9 Å². The number of ether oxygens (including phenoxy) is 2. The van der Waals surface area contributed by atoms with E-state index in [1.807, 2.05) is 13.8 Å². The van der Waals surface area contributed by atoms with Gasteiger partial charge in [0.1, 0.15) is 0 Å². The van der Waals surface area contributed by atoms with Gasteiger partial charge < -0.3 is 9.47 Å². The first-order valence-electron chi connectivity index (χ1n) is 9.22. The maximum Gasteiger partial charge on any atom is 0.340 e. The molecule has 1 aliphatic heterocycles. The molecular formula is C20H21BrN2O6. The third-order valence-corrected chi connectivity index (χ3v) is 5.52. The fourth-order valence-electron chi connectivity index (χ4n) is 3.51. The largest absolute Gasteiger partial charge is 0.457 e. The molecule has 1 fully saturated rings. The maximum absolute atomic E-state index is 13.1. The fraction of sp³-hybridized carbons (Fsp3) is 0.400. The lowest BCUT2D eigenvalue weighted by Crippen LogP contribution is -2.46. The molecule has 154 valence electrons. The van der Waals surface area contributed by atoms with Gasteiger partial charge in [-0.15, -0.1) is 0 Å². The first kappa shape index (κ1) is 21.2. The smallest absolute Gasteiger partial charge is 0.340 e. The second-order valence-electron chi connectivity index (χ2n) is 6.89. The zero-order valence-electron chi connectivity index (χ0n) is 16.2. The summed E-state index contributed by atoms with van der Waals surface area (Å²) in [6.45, 7) is 5.07. The molecule has 1 saturated heterocycles. The zero-order chi connectivity index (χ0) is 21.3. The Hall–Kier alpha value is -2.52. The summed E-state index contributed by atoms with van der Waals surface area (Å²) in [6, 6.07) is 8.03. The topological polar surface area (TPSA) is 96.6 Å². The molecule has 2 aromatic rings. The highest BCUT2D eigenvalue weighted by Crippen LogP contribution is 2.36. The van der Waals surface area contributed by atoms with Crippen LogP contribution in [0.25, 0.3) is 0 Å². The fourth-order valence-corrected chi connectivity index (χ4v) is 3.91. The standard InChI is InChI=1S/C20H21BrN2O6/c1-4-15-11(2)16(28-12(3)24)19(29-15)22-10-14(21)18(26)23(20(22)27)17(25)13-8-6-5-7-9-13/h5-11,15-16,19H,4H2,1-3H3/t11-,15+,16?,19+/m0/s1. The number of esters is 1. The summed E-state index contributed by atoms with van der Waals surface area (Å²) in [5.74, 6) is -1.43. The minimum atomic E-state index is -0.960. The lowest BCUT2D eigenvalue weighted by Gasteiger charge is -2.23. The van der Waals surface area contributed by atoms with E-state index in [-0.39, 0.29) is 22.1 Å². The van der Waals surface area contributed by atoms with Crippen LogP contribution in [0.4, 0.5) is 0 Å². The molecule has 0 amide bonds. The third-order valence-electron chi connectivity index (χ3n) is 4.97. The highest BCUT2D eigenvalue weighted by molar-refractivity contribution is 9.10. The number of halogens is 1. The number of carbonyl (C=O) groups excluding carboxylic acids is 2. The van der Waals surface area contributed by atoms with E-state index in [9.17, 15) is 19.2 Å². The number of carbonyl (C=O) groups is 2. The predicted molar refractivity (Wildman–Crippen MR) is 108 cm³/mol. The molecule has 1 aromatic heterocycles. The summed E-state index contributed by atoms with van der Waals surface area (Å²) >= 11 is 3.13. The van der Waals surface area contributed by atoms with Crippen molar-refractivity contribution in [2.45, 2.75) is 45.6 Å². The van der Waals surface area contributed by atoms with E-state index in [0.717, 1.165) is 4.57 Å². The summed E-state index contributed by atoms with van der Waals surface area (Å²) in [4.78, 5) is 50.2. The Labute approximate surface area is 175 Å². The second-order valence-corrected chi connectivity index (χ2v) is 7.74. The van der Waals surface area contributed by atoms with Gasteiger partial charge in [0.05, 0.1) is 10.6 Å². The number of hydrogen-bond donors (Lipinski definition) is 0. The molecular weight excluding hydrogens is 444 g/mol. The van der Waals surface area contributed by atoms with Gasteiger partial charge in [0.2, 0.25) is 0 Å². The predicted octanol–water partition coefficient (Wildman–Crippen LogP) is 2.34. The van der Waals surface area contributed by atoms with Crippen molar-refractivity contribution in [2.24, 2.45) is 5.92 Å². The van der Waals surface area contributed by atoms with Gasteiger partial charge in [-0.25, -0.2) is 4.79 Å². The molecule has 3 rings (SSSR count). The summed E-state index contributed by atoms with van der Waals surface area (Å²) in [6.07, 6.45) is -0.0302. The highest BCUT2D eigenvalue weighted by Gasteiger charge is 2.45. The van der Waals surface area contributed by atoms with Gasteiger partial charge in [-0.05, 0) is 34.5 Å². The van der Waals surface area contributed by atoms with Gasteiger partial charge >= 0.3 is 11.7 Å². The zero-order valence-corrected chi connectivity index (χ0v) is 17.8. The van der Waals surface area contributed by atoms with E-state index < -0.39 is 35.5 Å². The average molecular weight is 465 g/mol. The van der Waals surface area contributed by atoms with Crippen LogP contribution in [-0.2, 0) is 14.3 Å². The van der Waals surface area contributed by atoms with E-state index in [4.69, 9.17) is 9.47 Å². The van der Waals surface area contributed by atoms with Crippen LogP contribution in [0.3, 0.4) is 0 Å². The van der Waals surface area contributed by atoms with Gasteiger partial charge in [-0.2, -0.15) is 4.57 Å². The van der Waals surface area contributed by atoms with Gasteiger partial charge in [-0.1, -0.05) is 32.0 Å². The molecule has 0 aliphatic carbocycles. The number of nitrogens with zero attached hydrogens (tertiary/aromatic N) is 2. The minimum Gasteiger partial charge on any atom is -0.457 e. The molecule has 0 N–H and O–H groups in total. The van der Waals surface area contributed by atoms with Crippen molar-refractivity contribution in [2.75, 3.05) is 0 Å². The summed E-state index contributed by atoms with van der Waals surface area (Å²) < 4.78 is 13.1. The lowest BCUT2D eigenvalue weighted by atomic mass is 9.98. The number of benzene rings is 1. The Balaban J connectivity index is 2.14. The van der Waals surface area contributed by atoms with Crippen molar-refractivity contribution in [3.63, 3.8) is 0 Å². The number of rotatable bonds is 4. The van der Waals surface area contributed by atoms with E-state index in [0.29, 0.717) is 11.0 Å². The third kappa shape index (κ3) is 3.97. The van der Waals surface area contributed by atoms with Gasteiger partial charge in [0.15, 0.2) is 12.3 Å². The molecule has 9 heteroatoms. The summed E-state index contributed by atoms with van der Waals surface area (Å²) in [7, 11) is 0. The first-order valence-corrected chi connectivity index (χ1v) is 10.0. The molecule has 1 unspecified atom stereocenters. The molecule has 0 radical (unpaired) electrons. The monoisotopic (exact) mass is 464 g/mol. The molecule has 1 aliphatic rings. The highest BCUT2D eigenvalue weighted by atomic mass is 79.9. The molecule has 29 heavy (non-hydrogen) atoms. The average Bonchev–Trinajstić information content (AvgIpc) is 3.00. The van der Waals surface area contributed by atoms with Crippen LogP contribution in [0.2, 0.25) is 0 Å². The van der Waals surface area contributed by atoms with Crippen LogP contribution in [0, 0.1) is 5.92 Å². The van der Waals surface area contributed by atoms with E-state index in [1.54, 1.807) is 18.2 Å². The SMILES string of the molecule is CC[C@H]1O[C@@H](n2cc(Br)c(=O)n(C(=O)c3ccccc3)c2=O)C(OC(C)=O)[C@H]1C. The Morgan fingerprint density at radius 1 is 1.21 bits per heavy atom. The van der Waals surface area contributed by atoms with Gasteiger partial charge in [0.25, 0.3) is 11.5 Å². The molecule has 0 bridgehead atoms. The Morgan fingerprint density at radius 2 is 1.86 bits per heavy atom. The minimum absolute atomic E-state index is 0.0131. The van der Waals surface area contributed by atoms with E-state index >= 15 is 0 Å². The van der Waals surface area contributed by atoms with Gasteiger partial charge in [-0.3, -0.25) is 19.0 Å². The van der Waals surface area contributed by atoms with Crippen LogP contribution in [0.1, 0.15) is 43.8 Å². The first-order chi connectivity index (χ1) is 13.8. The molecule has 2 heterocycles. The lowest BCUT2D eigenvalue weighted by molar-refractivity contribution is -0.153. The van der Waals surface area contributed by atoms with Crippen LogP contribution in [0.15, 0.2) is 50.6 Å². The maximum atomic E-state index is 13.1. The number of hydrogen-bond acceptors (Lipinski definition) is 6. The van der Waals surface area contributed by atoms with Crippen molar-refractivity contribution in [1.29, 1.82) is 0 Å².